The van der Waals surface area contributed by atoms with Crippen molar-refractivity contribution in [3.05, 3.63) is 47.8 Å². The molecule has 1 aromatic carbocycles. The summed E-state index contributed by atoms with van der Waals surface area (Å²) in [5.41, 5.74) is 4.61. The topological polar surface area (TPSA) is 95.6 Å². The second kappa shape index (κ2) is 7.47. The third kappa shape index (κ3) is 3.63. The van der Waals surface area contributed by atoms with Crippen LogP contribution in [-0.4, -0.2) is 35.1 Å². The molecule has 2 aliphatic rings. The molecule has 0 unspecified atom stereocenters. The number of nitrogens with one attached hydrogen (secondary N) is 2. The number of rotatable bonds is 4. The van der Waals surface area contributed by atoms with Crippen LogP contribution in [0.5, 0.6) is 0 Å². The van der Waals surface area contributed by atoms with Crippen molar-refractivity contribution in [2.45, 2.75) is 19.3 Å². The van der Waals surface area contributed by atoms with Gasteiger partial charge in [0.2, 0.25) is 17.7 Å². The first kappa shape index (κ1) is 17.8. The summed E-state index contributed by atoms with van der Waals surface area (Å²) >= 11 is 0. The normalized spacial score (nSPS) is 21.5. The van der Waals surface area contributed by atoms with Crippen LogP contribution in [0, 0.1) is 17.7 Å². The fourth-order valence-corrected chi connectivity index (χ4v) is 3.17. The van der Waals surface area contributed by atoms with Crippen LogP contribution in [0.4, 0.5) is 4.39 Å². The lowest BCUT2D eigenvalue weighted by atomic mass is 9.85. The van der Waals surface area contributed by atoms with Crippen molar-refractivity contribution in [3.8, 4) is 0 Å². The Bertz CT molecular complexity index is 749. The first-order valence-electron chi connectivity index (χ1n) is 8.32. The zero-order chi connectivity index (χ0) is 18.7. The van der Waals surface area contributed by atoms with Crippen molar-refractivity contribution in [1.29, 1.82) is 0 Å². The monoisotopic (exact) mass is 359 g/mol. The Labute approximate surface area is 149 Å². The van der Waals surface area contributed by atoms with E-state index in [2.05, 4.69) is 10.9 Å². The number of hydrazine groups is 1. The minimum atomic E-state index is -0.594. The number of likely N-dealkylation sites (tertiary alicyclic amines) is 1. The van der Waals surface area contributed by atoms with Gasteiger partial charge in [-0.15, -0.1) is 0 Å². The fraction of sp³-hybridized carbons (Fsp3) is 0.333. The predicted octanol–water partition coefficient (Wildman–Crippen LogP) is 0.928. The number of imide groups is 1. The largest absolute Gasteiger partial charge is 0.282 e. The van der Waals surface area contributed by atoms with Crippen molar-refractivity contribution in [2.24, 2.45) is 11.8 Å². The number of hydrogen-bond donors (Lipinski definition) is 2. The van der Waals surface area contributed by atoms with E-state index in [9.17, 15) is 23.6 Å². The summed E-state index contributed by atoms with van der Waals surface area (Å²) in [6, 6.07) is 4.84. The number of benzene rings is 1. The van der Waals surface area contributed by atoms with Crippen LogP contribution in [0.15, 0.2) is 36.4 Å². The number of hydrogen-bond acceptors (Lipinski definition) is 4. The molecule has 2 atom stereocenters. The Balaban J connectivity index is 1.47. The van der Waals surface area contributed by atoms with E-state index < -0.39 is 17.6 Å². The smallest absolute Gasteiger partial charge is 0.269 e. The third-order valence-electron chi connectivity index (χ3n) is 4.58. The van der Waals surface area contributed by atoms with E-state index in [-0.39, 0.29) is 42.2 Å². The molecular formula is C18H18FN3O4. The molecule has 26 heavy (non-hydrogen) atoms. The number of allylic oxidation sites excluding steroid dienone is 2. The highest BCUT2D eigenvalue weighted by atomic mass is 19.1. The van der Waals surface area contributed by atoms with E-state index in [4.69, 9.17) is 0 Å². The molecule has 0 bridgehead atoms. The van der Waals surface area contributed by atoms with Crippen LogP contribution < -0.4 is 10.9 Å². The highest BCUT2D eigenvalue weighted by Gasteiger charge is 2.46. The third-order valence-corrected chi connectivity index (χ3v) is 4.58. The summed E-state index contributed by atoms with van der Waals surface area (Å²) in [6.07, 6.45) is 4.77. The van der Waals surface area contributed by atoms with Gasteiger partial charge in [0.15, 0.2) is 0 Å². The van der Waals surface area contributed by atoms with Gasteiger partial charge in [-0.25, -0.2) is 4.39 Å². The molecule has 7 nitrogen and oxygen atoms in total. The van der Waals surface area contributed by atoms with Gasteiger partial charge >= 0.3 is 0 Å². The Kier molecular flexibility index (Phi) is 5.11. The SMILES string of the molecule is O=C(CCN1C(=O)[C@@H]2CC=CC[C@H]2C1=O)NNC(=O)c1ccc(F)cc1. The number of nitrogens with zero attached hydrogens (tertiary/aromatic N) is 1. The van der Waals surface area contributed by atoms with E-state index in [1.807, 2.05) is 12.2 Å². The number of carbonyl (C=O) groups excluding carboxylic acids is 4. The highest BCUT2D eigenvalue weighted by Crippen LogP contribution is 2.34. The van der Waals surface area contributed by atoms with E-state index in [1.54, 1.807) is 0 Å². The lowest BCUT2D eigenvalue weighted by Crippen LogP contribution is -2.43. The van der Waals surface area contributed by atoms with Crippen LogP contribution in [0.2, 0.25) is 0 Å². The molecule has 3 rings (SSSR count). The first-order valence-corrected chi connectivity index (χ1v) is 8.32. The summed E-state index contributed by atoms with van der Waals surface area (Å²) in [5.74, 6) is -2.73. The zero-order valence-corrected chi connectivity index (χ0v) is 13.9. The van der Waals surface area contributed by atoms with Crippen molar-refractivity contribution in [3.63, 3.8) is 0 Å². The molecule has 1 aliphatic heterocycles. The van der Waals surface area contributed by atoms with Gasteiger partial charge in [-0.05, 0) is 37.1 Å². The molecule has 1 aromatic rings. The van der Waals surface area contributed by atoms with Gasteiger partial charge in [0.05, 0.1) is 11.8 Å². The Morgan fingerprint density at radius 1 is 1.00 bits per heavy atom. The van der Waals surface area contributed by atoms with Crippen LogP contribution in [0.1, 0.15) is 29.6 Å². The van der Waals surface area contributed by atoms with Crippen molar-refractivity contribution >= 4 is 23.6 Å². The number of fused-ring (bicyclic) bond motifs is 1. The van der Waals surface area contributed by atoms with E-state index in [0.29, 0.717) is 12.8 Å². The zero-order valence-electron chi connectivity index (χ0n) is 13.9. The average Bonchev–Trinajstić information content (AvgIpc) is 2.89. The summed E-state index contributed by atoms with van der Waals surface area (Å²) in [6.45, 7) is -0.0249. The standard InChI is InChI=1S/C18H18FN3O4/c19-12-7-5-11(6-8-12)16(24)21-20-15(23)9-10-22-17(25)13-3-1-2-4-14(13)18(22)26/h1-2,5-8,13-14H,3-4,9-10H2,(H,20,23)(H,21,24)/t13-,14-/m1/s1. The average molecular weight is 359 g/mol. The predicted molar refractivity (Wildman–Crippen MR) is 88.7 cm³/mol. The van der Waals surface area contributed by atoms with E-state index in [1.165, 1.54) is 12.1 Å². The molecule has 0 saturated carbocycles. The Hall–Kier alpha value is -3.03. The molecule has 1 fully saturated rings. The van der Waals surface area contributed by atoms with Crippen LogP contribution in [-0.2, 0) is 14.4 Å². The van der Waals surface area contributed by atoms with Gasteiger partial charge in [-0.1, -0.05) is 12.2 Å². The maximum Gasteiger partial charge on any atom is 0.269 e. The van der Waals surface area contributed by atoms with Gasteiger partial charge in [0.25, 0.3) is 5.91 Å². The van der Waals surface area contributed by atoms with Crippen molar-refractivity contribution in [2.75, 3.05) is 6.54 Å². The Morgan fingerprint density at radius 2 is 1.58 bits per heavy atom. The quantitative estimate of drug-likeness (QED) is 0.475. The van der Waals surface area contributed by atoms with Crippen LogP contribution in [0.25, 0.3) is 0 Å². The van der Waals surface area contributed by atoms with Crippen molar-refractivity contribution < 1.29 is 23.6 Å². The second-order valence-corrected chi connectivity index (χ2v) is 6.24. The molecule has 0 spiro atoms. The second-order valence-electron chi connectivity index (χ2n) is 6.24. The van der Waals surface area contributed by atoms with Gasteiger partial charge in [-0.2, -0.15) is 0 Å². The maximum absolute atomic E-state index is 12.8. The lowest BCUT2D eigenvalue weighted by Gasteiger charge is -2.14. The molecular weight excluding hydrogens is 341 g/mol. The summed E-state index contributed by atoms with van der Waals surface area (Å²) in [7, 11) is 0. The van der Waals surface area contributed by atoms with Gasteiger partial charge in [-0.3, -0.25) is 34.9 Å². The molecule has 8 heteroatoms. The van der Waals surface area contributed by atoms with E-state index >= 15 is 0 Å². The van der Waals surface area contributed by atoms with Crippen LogP contribution in [0.3, 0.4) is 0 Å². The molecule has 136 valence electrons. The summed E-state index contributed by atoms with van der Waals surface area (Å²) < 4.78 is 12.8. The highest BCUT2D eigenvalue weighted by molar-refractivity contribution is 6.05. The molecule has 1 aliphatic carbocycles. The minimum Gasteiger partial charge on any atom is -0.282 e. The lowest BCUT2D eigenvalue weighted by molar-refractivity contribution is -0.140. The van der Waals surface area contributed by atoms with Gasteiger partial charge in [0, 0.05) is 18.5 Å². The van der Waals surface area contributed by atoms with Gasteiger partial charge < -0.3 is 0 Å². The molecule has 4 amide bonds. The van der Waals surface area contributed by atoms with Gasteiger partial charge in [0.1, 0.15) is 5.82 Å². The number of amides is 4. The minimum absolute atomic E-state index is 0.0249. The Morgan fingerprint density at radius 3 is 2.15 bits per heavy atom. The first-order chi connectivity index (χ1) is 12.5. The summed E-state index contributed by atoms with van der Waals surface area (Å²) in [5, 5.41) is 0. The maximum atomic E-state index is 12.8. The van der Waals surface area contributed by atoms with Crippen LogP contribution >= 0.6 is 0 Å². The van der Waals surface area contributed by atoms with E-state index in [0.717, 1.165) is 17.0 Å². The fourth-order valence-electron chi connectivity index (χ4n) is 3.17. The number of carbonyl (C=O) groups is 4. The number of halogens is 1. The molecule has 0 radical (unpaired) electrons. The summed E-state index contributed by atoms with van der Waals surface area (Å²) in [4.78, 5) is 49.4. The molecule has 0 aromatic heterocycles. The molecule has 2 N–H and O–H groups in total. The molecule has 1 saturated heterocycles. The molecule has 1 heterocycles. The van der Waals surface area contributed by atoms with Crippen molar-refractivity contribution in [1.82, 2.24) is 15.8 Å².